The Balaban J connectivity index is 1.98. The molecule has 0 aromatic heterocycles. The topological polar surface area (TPSA) is 46.6 Å². The highest BCUT2D eigenvalue weighted by atomic mass is 79.9. The van der Waals surface area contributed by atoms with Crippen molar-refractivity contribution in [2.24, 2.45) is 0 Å². The number of hydrogen-bond donors (Lipinski definition) is 0. The third-order valence-corrected chi connectivity index (χ3v) is 6.98. The second-order valence-electron chi connectivity index (χ2n) is 5.79. The van der Waals surface area contributed by atoms with Gasteiger partial charge in [0, 0.05) is 11.0 Å². The van der Waals surface area contributed by atoms with Gasteiger partial charge in [0.1, 0.15) is 0 Å². The lowest BCUT2D eigenvalue weighted by atomic mass is 9.91. The SMILES string of the molecule is Cc1ccc(Br)cc1S(=O)(=O)N1CCOC2CCCCC21. The molecular weight excluding hydrogens is 354 g/mol. The monoisotopic (exact) mass is 373 g/mol. The first-order valence-electron chi connectivity index (χ1n) is 7.40. The van der Waals surface area contributed by atoms with Crippen LogP contribution in [0.25, 0.3) is 0 Å². The van der Waals surface area contributed by atoms with Crippen molar-refractivity contribution >= 4 is 26.0 Å². The van der Waals surface area contributed by atoms with Crippen molar-refractivity contribution in [2.45, 2.75) is 49.6 Å². The minimum Gasteiger partial charge on any atom is -0.375 e. The second kappa shape index (κ2) is 5.99. The Labute approximate surface area is 134 Å². The predicted molar refractivity (Wildman–Crippen MR) is 84.8 cm³/mol. The molecule has 0 N–H and O–H groups in total. The minimum atomic E-state index is -3.46. The van der Waals surface area contributed by atoms with Gasteiger partial charge in [0.05, 0.1) is 23.6 Å². The first-order chi connectivity index (χ1) is 10.00. The van der Waals surface area contributed by atoms with Gasteiger partial charge < -0.3 is 4.74 Å². The van der Waals surface area contributed by atoms with Crippen molar-refractivity contribution in [3.05, 3.63) is 28.2 Å². The van der Waals surface area contributed by atoms with Gasteiger partial charge in [0.2, 0.25) is 10.0 Å². The average Bonchev–Trinajstić information content (AvgIpc) is 2.49. The average molecular weight is 374 g/mol. The smallest absolute Gasteiger partial charge is 0.243 e. The maximum atomic E-state index is 13.1. The summed E-state index contributed by atoms with van der Waals surface area (Å²) >= 11 is 3.37. The summed E-state index contributed by atoms with van der Waals surface area (Å²) in [5.74, 6) is 0. The second-order valence-corrected chi connectivity index (χ2v) is 8.56. The van der Waals surface area contributed by atoms with E-state index in [9.17, 15) is 8.42 Å². The highest BCUT2D eigenvalue weighted by Gasteiger charge is 2.41. The molecule has 1 aromatic carbocycles. The van der Waals surface area contributed by atoms with Crippen LogP contribution in [0.5, 0.6) is 0 Å². The molecule has 2 atom stereocenters. The molecule has 0 spiro atoms. The van der Waals surface area contributed by atoms with E-state index < -0.39 is 10.0 Å². The van der Waals surface area contributed by atoms with Crippen molar-refractivity contribution < 1.29 is 13.2 Å². The Kier molecular flexibility index (Phi) is 4.41. The molecule has 1 saturated carbocycles. The molecule has 116 valence electrons. The zero-order valence-electron chi connectivity index (χ0n) is 12.1. The standard InChI is InChI=1S/C15H20BrNO3S/c1-11-6-7-12(16)10-15(11)21(18,19)17-8-9-20-14-5-3-2-4-13(14)17/h6-7,10,13-14H,2-5,8-9H2,1H3. The molecule has 1 aromatic rings. The Morgan fingerprint density at radius 1 is 1.29 bits per heavy atom. The molecule has 1 aliphatic carbocycles. The first-order valence-corrected chi connectivity index (χ1v) is 9.63. The predicted octanol–water partition coefficient (Wildman–Crippen LogP) is 3.09. The van der Waals surface area contributed by atoms with Crippen LogP contribution in [-0.4, -0.2) is 38.0 Å². The highest BCUT2D eigenvalue weighted by Crippen LogP contribution is 2.33. The molecular formula is C15H20BrNO3S. The third-order valence-electron chi connectivity index (χ3n) is 4.42. The van der Waals surface area contributed by atoms with E-state index in [1.165, 1.54) is 0 Å². The van der Waals surface area contributed by atoms with E-state index in [1.54, 1.807) is 10.4 Å². The van der Waals surface area contributed by atoms with Gasteiger partial charge in [-0.25, -0.2) is 8.42 Å². The highest BCUT2D eigenvalue weighted by molar-refractivity contribution is 9.10. The van der Waals surface area contributed by atoms with Gasteiger partial charge in [-0.1, -0.05) is 34.8 Å². The third kappa shape index (κ3) is 2.91. The lowest BCUT2D eigenvalue weighted by molar-refractivity contribution is -0.0586. The Bertz CT molecular complexity index is 630. The van der Waals surface area contributed by atoms with E-state index >= 15 is 0 Å². The number of halogens is 1. The summed E-state index contributed by atoms with van der Waals surface area (Å²) in [6, 6.07) is 5.42. The van der Waals surface area contributed by atoms with Crippen LogP contribution in [0, 0.1) is 6.92 Å². The normalized spacial score (nSPS) is 27.3. The molecule has 0 bridgehead atoms. The molecule has 21 heavy (non-hydrogen) atoms. The van der Waals surface area contributed by atoms with Gasteiger partial charge in [-0.05, 0) is 37.5 Å². The fourth-order valence-corrected chi connectivity index (χ4v) is 5.77. The molecule has 1 saturated heterocycles. The summed E-state index contributed by atoms with van der Waals surface area (Å²) in [6.45, 7) is 2.79. The molecule has 6 heteroatoms. The van der Waals surface area contributed by atoms with Crippen molar-refractivity contribution in [1.82, 2.24) is 4.31 Å². The zero-order valence-corrected chi connectivity index (χ0v) is 14.5. The number of aryl methyl sites for hydroxylation is 1. The van der Waals surface area contributed by atoms with Crippen molar-refractivity contribution in [3.8, 4) is 0 Å². The summed E-state index contributed by atoms with van der Waals surface area (Å²) in [5, 5.41) is 0. The summed E-state index contributed by atoms with van der Waals surface area (Å²) in [7, 11) is -3.46. The number of hydrogen-bond acceptors (Lipinski definition) is 3. The maximum Gasteiger partial charge on any atom is 0.243 e. The number of ether oxygens (including phenoxy) is 1. The van der Waals surface area contributed by atoms with Crippen LogP contribution in [0.3, 0.4) is 0 Å². The number of benzene rings is 1. The van der Waals surface area contributed by atoms with E-state index in [1.807, 2.05) is 19.1 Å². The van der Waals surface area contributed by atoms with Crippen LogP contribution in [0.2, 0.25) is 0 Å². The van der Waals surface area contributed by atoms with Crippen molar-refractivity contribution in [2.75, 3.05) is 13.2 Å². The van der Waals surface area contributed by atoms with Crippen LogP contribution in [0.15, 0.2) is 27.6 Å². The number of nitrogens with zero attached hydrogens (tertiary/aromatic N) is 1. The van der Waals surface area contributed by atoms with E-state index in [0.717, 1.165) is 35.7 Å². The van der Waals surface area contributed by atoms with Crippen LogP contribution >= 0.6 is 15.9 Å². The first kappa shape index (κ1) is 15.5. The Morgan fingerprint density at radius 3 is 2.86 bits per heavy atom. The number of sulfonamides is 1. The summed E-state index contributed by atoms with van der Waals surface area (Å²) < 4.78 is 34.4. The lowest BCUT2D eigenvalue weighted by Crippen LogP contribution is -2.54. The fraction of sp³-hybridized carbons (Fsp3) is 0.600. The molecule has 3 rings (SSSR count). The van der Waals surface area contributed by atoms with Gasteiger partial charge >= 0.3 is 0 Å². The zero-order chi connectivity index (χ0) is 15.0. The van der Waals surface area contributed by atoms with Crippen LogP contribution < -0.4 is 0 Å². The van der Waals surface area contributed by atoms with Gasteiger partial charge in [0.15, 0.2) is 0 Å². The Morgan fingerprint density at radius 2 is 2.05 bits per heavy atom. The number of rotatable bonds is 2. The minimum absolute atomic E-state index is 0.00381. The molecule has 2 aliphatic rings. The maximum absolute atomic E-state index is 13.1. The molecule has 0 amide bonds. The lowest BCUT2D eigenvalue weighted by Gasteiger charge is -2.42. The molecule has 2 fully saturated rings. The largest absolute Gasteiger partial charge is 0.375 e. The molecule has 4 nitrogen and oxygen atoms in total. The quantitative estimate of drug-likeness (QED) is 0.799. The van der Waals surface area contributed by atoms with Crippen LogP contribution in [0.4, 0.5) is 0 Å². The van der Waals surface area contributed by atoms with Gasteiger partial charge in [0.25, 0.3) is 0 Å². The summed E-state index contributed by atoms with van der Waals surface area (Å²) in [5.41, 5.74) is 0.789. The van der Waals surface area contributed by atoms with E-state index in [2.05, 4.69) is 15.9 Å². The Hall–Kier alpha value is -0.430. The van der Waals surface area contributed by atoms with Crippen molar-refractivity contribution in [3.63, 3.8) is 0 Å². The van der Waals surface area contributed by atoms with Gasteiger partial charge in [-0.15, -0.1) is 0 Å². The summed E-state index contributed by atoms with van der Waals surface area (Å²) in [6.07, 6.45) is 4.14. The summed E-state index contributed by atoms with van der Waals surface area (Å²) in [4.78, 5) is 0.406. The van der Waals surface area contributed by atoms with E-state index in [-0.39, 0.29) is 12.1 Å². The fourth-order valence-electron chi connectivity index (χ4n) is 3.34. The van der Waals surface area contributed by atoms with Crippen LogP contribution in [0.1, 0.15) is 31.2 Å². The number of morpholine rings is 1. The van der Waals surface area contributed by atoms with Gasteiger partial charge in [-0.2, -0.15) is 4.31 Å². The van der Waals surface area contributed by atoms with E-state index in [0.29, 0.717) is 18.0 Å². The molecule has 0 radical (unpaired) electrons. The van der Waals surface area contributed by atoms with Gasteiger partial charge in [-0.3, -0.25) is 0 Å². The van der Waals surface area contributed by atoms with Crippen molar-refractivity contribution in [1.29, 1.82) is 0 Å². The van der Waals surface area contributed by atoms with Crippen LogP contribution in [-0.2, 0) is 14.8 Å². The molecule has 2 unspecified atom stereocenters. The number of fused-ring (bicyclic) bond motifs is 1. The van der Waals surface area contributed by atoms with E-state index in [4.69, 9.17) is 4.74 Å². The molecule has 1 heterocycles. The molecule has 1 aliphatic heterocycles.